The van der Waals surface area contributed by atoms with Crippen LogP contribution in [0, 0.1) is 11.8 Å². The predicted octanol–water partition coefficient (Wildman–Crippen LogP) is 5.06. The van der Waals surface area contributed by atoms with Crippen molar-refractivity contribution in [1.82, 2.24) is 10.3 Å². The molecule has 5 nitrogen and oxygen atoms in total. The number of hydrogen-bond acceptors (Lipinski definition) is 5. The molecule has 1 fully saturated rings. The normalized spacial score (nSPS) is 21.3. The average molecular weight is 423 g/mol. The molecule has 1 heterocycles. The van der Waals surface area contributed by atoms with Crippen molar-refractivity contribution in [1.29, 1.82) is 0 Å². The number of para-hydroxylation sites is 1. The molecule has 0 bridgehead atoms. The van der Waals surface area contributed by atoms with Crippen LogP contribution in [-0.4, -0.2) is 29.5 Å². The van der Waals surface area contributed by atoms with Crippen LogP contribution in [0.1, 0.15) is 43.5 Å². The van der Waals surface area contributed by atoms with Gasteiger partial charge in [-0.05, 0) is 36.5 Å². The third-order valence-corrected chi connectivity index (χ3v) is 7.13. The van der Waals surface area contributed by atoms with Crippen LogP contribution in [-0.2, 0) is 9.53 Å². The highest BCUT2D eigenvalue weighted by atomic mass is 32.1. The van der Waals surface area contributed by atoms with E-state index < -0.39 is 5.97 Å². The molecular formula is C24H26N2O3S. The van der Waals surface area contributed by atoms with Gasteiger partial charge in [-0.2, -0.15) is 0 Å². The van der Waals surface area contributed by atoms with Gasteiger partial charge in [0.2, 0.25) is 0 Å². The first kappa shape index (κ1) is 20.5. The number of nitrogens with one attached hydrogen (secondary N) is 1. The molecule has 0 unspecified atom stereocenters. The van der Waals surface area contributed by atoms with Crippen molar-refractivity contribution in [2.24, 2.45) is 11.8 Å². The Bertz CT molecular complexity index is 1030. The van der Waals surface area contributed by atoms with Crippen LogP contribution >= 0.6 is 11.3 Å². The summed E-state index contributed by atoms with van der Waals surface area (Å²) in [6.07, 6.45) is 3.29. The fraction of sp³-hybridized carbons (Fsp3) is 0.375. The molecule has 1 aliphatic rings. The number of benzene rings is 2. The van der Waals surface area contributed by atoms with E-state index in [4.69, 9.17) is 4.74 Å². The van der Waals surface area contributed by atoms with E-state index in [1.807, 2.05) is 36.4 Å². The maximum absolute atomic E-state index is 12.7. The lowest BCUT2D eigenvalue weighted by molar-refractivity contribution is -0.125. The second-order valence-corrected chi connectivity index (χ2v) is 9.08. The lowest BCUT2D eigenvalue weighted by Gasteiger charge is -2.34. The maximum Gasteiger partial charge on any atom is 0.339 e. The van der Waals surface area contributed by atoms with Crippen molar-refractivity contribution in [3.63, 3.8) is 0 Å². The average Bonchev–Trinajstić information content (AvgIpc) is 3.19. The Balaban J connectivity index is 1.43. The Hall–Kier alpha value is -2.73. The molecule has 0 radical (unpaired) electrons. The molecule has 6 heteroatoms. The van der Waals surface area contributed by atoms with Gasteiger partial charge in [0, 0.05) is 11.6 Å². The Morgan fingerprint density at radius 1 is 1.10 bits per heavy atom. The van der Waals surface area contributed by atoms with Crippen LogP contribution < -0.4 is 5.32 Å². The van der Waals surface area contributed by atoms with Crippen LogP contribution in [0.3, 0.4) is 0 Å². The van der Waals surface area contributed by atoms with Crippen molar-refractivity contribution in [3.8, 4) is 10.6 Å². The SMILES string of the molecule is C[C@H]1[C@H](C)CCC[C@@H]1NC(=O)COC(=O)c1ccccc1-c1nc2ccccc2s1. The quantitative estimate of drug-likeness (QED) is 0.584. The molecular weight excluding hydrogens is 396 g/mol. The van der Waals surface area contributed by atoms with E-state index in [0.717, 1.165) is 33.6 Å². The number of rotatable bonds is 5. The fourth-order valence-electron chi connectivity index (χ4n) is 4.08. The minimum Gasteiger partial charge on any atom is -0.452 e. The number of hydrogen-bond donors (Lipinski definition) is 1. The molecule has 1 saturated carbocycles. The van der Waals surface area contributed by atoms with Crippen molar-refractivity contribution < 1.29 is 14.3 Å². The number of carbonyl (C=O) groups is 2. The number of carbonyl (C=O) groups excluding carboxylic acids is 2. The van der Waals surface area contributed by atoms with Crippen LogP contribution in [0.25, 0.3) is 20.8 Å². The lowest BCUT2D eigenvalue weighted by atomic mass is 9.78. The number of thiazole rings is 1. The summed E-state index contributed by atoms with van der Waals surface area (Å²) in [6.45, 7) is 4.13. The summed E-state index contributed by atoms with van der Waals surface area (Å²) in [5, 5.41) is 3.81. The number of nitrogens with zero attached hydrogens (tertiary/aromatic N) is 1. The Labute approximate surface area is 180 Å². The minimum absolute atomic E-state index is 0.148. The van der Waals surface area contributed by atoms with Crippen LogP contribution in [0.4, 0.5) is 0 Å². The predicted molar refractivity (Wildman–Crippen MR) is 119 cm³/mol. The first-order valence-corrected chi connectivity index (χ1v) is 11.3. The Kier molecular flexibility index (Phi) is 6.13. The third kappa shape index (κ3) is 4.38. The van der Waals surface area contributed by atoms with Crippen molar-refractivity contribution in [3.05, 3.63) is 54.1 Å². The maximum atomic E-state index is 12.7. The van der Waals surface area contributed by atoms with Crippen LogP contribution in [0.15, 0.2) is 48.5 Å². The summed E-state index contributed by atoms with van der Waals surface area (Å²) in [7, 11) is 0. The molecule has 3 aromatic rings. The largest absolute Gasteiger partial charge is 0.452 e. The summed E-state index contributed by atoms with van der Waals surface area (Å²) in [5.41, 5.74) is 2.04. The van der Waals surface area contributed by atoms with E-state index in [9.17, 15) is 9.59 Å². The van der Waals surface area contributed by atoms with Gasteiger partial charge in [-0.3, -0.25) is 4.79 Å². The molecule has 1 aliphatic carbocycles. The van der Waals surface area contributed by atoms with Gasteiger partial charge < -0.3 is 10.1 Å². The highest BCUT2D eigenvalue weighted by Crippen LogP contribution is 2.32. The van der Waals surface area contributed by atoms with Crippen LogP contribution in [0.2, 0.25) is 0 Å². The van der Waals surface area contributed by atoms with E-state index in [1.165, 1.54) is 17.8 Å². The summed E-state index contributed by atoms with van der Waals surface area (Å²) >= 11 is 1.53. The van der Waals surface area contributed by atoms with E-state index in [1.54, 1.807) is 12.1 Å². The topological polar surface area (TPSA) is 68.3 Å². The number of aromatic nitrogens is 1. The molecule has 4 rings (SSSR count). The molecule has 0 spiro atoms. The highest BCUT2D eigenvalue weighted by Gasteiger charge is 2.28. The van der Waals surface area contributed by atoms with Gasteiger partial charge in [-0.1, -0.05) is 57.0 Å². The standard InChI is InChI=1S/C24H26N2O3S/c1-15-8-7-12-19(16(15)2)25-22(27)14-29-24(28)18-10-4-3-9-17(18)23-26-20-11-5-6-13-21(20)30-23/h3-6,9-11,13,15-16,19H,7-8,12,14H2,1-2H3,(H,25,27)/t15-,16+,19+/m1/s1. The second kappa shape index (κ2) is 8.96. The molecule has 30 heavy (non-hydrogen) atoms. The first-order chi connectivity index (χ1) is 14.5. The molecule has 1 N–H and O–H groups in total. The van der Waals surface area contributed by atoms with E-state index >= 15 is 0 Å². The second-order valence-electron chi connectivity index (χ2n) is 8.05. The summed E-state index contributed by atoms with van der Waals surface area (Å²) < 4.78 is 6.42. The van der Waals surface area contributed by atoms with Gasteiger partial charge in [0.1, 0.15) is 5.01 Å². The van der Waals surface area contributed by atoms with Gasteiger partial charge in [-0.15, -0.1) is 11.3 Å². The number of esters is 1. The Morgan fingerprint density at radius 3 is 2.70 bits per heavy atom. The fourth-order valence-corrected chi connectivity index (χ4v) is 5.08. The zero-order chi connectivity index (χ0) is 21.1. The molecule has 1 amide bonds. The van der Waals surface area contributed by atoms with Gasteiger partial charge in [0.15, 0.2) is 6.61 Å². The third-order valence-electron chi connectivity index (χ3n) is 6.06. The van der Waals surface area contributed by atoms with E-state index in [-0.39, 0.29) is 18.6 Å². The van der Waals surface area contributed by atoms with Gasteiger partial charge in [0.25, 0.3) is 5.91 Å². The summed E-state index contributed by atoms with van der Waals surface area (Å²) in [6, 6.07) is 15.3. The molecule has 2 aromatic carbocycles. The summed E-state index contributed by atoms with van der Waals surface area (Å²) in [4.78, 5) is 29.8. The number of amides is 1. The van der Waals surface area contributed by atoms with Gasteiger partial charge in [0.05, 0.1) is 15.8 Å². The Morgan fingerprint density at radius 2 is 1.87 bits per heavy atom. The molecule has 0 aliphatic heterocycles. The van der Waals surface area contributed by atoms with Gasteiger partial charge >= 0.3 is 5.97 Å². The first-order valence-electron chi connectivity index (χ1n) is 10.4. The molecule has 0 saturated heterocycles. The molecule has 156 valence electrons. The minimum atomic E-state index is -0.509. The van der Waals surface area contributed by atoms with Crippen molar-refractivity contribution in [2.75, 3.05) is 6.61 Å². The lowest BCUT2D eigenvalue weighted by Crippen LogP contribution is -2.45. The number of ether oxygens (including phenoxy) is 1. The van der Waals surface area contributed by atoms with Crippen molar-refractivity contribution in [2.45, 2.75) is 39.2 Å². The number of fused-ring (bicyclic) bond motifs is 1. The van der Waals surface area contributed by atoms with Crippen LogP contribution in [0.5, 0.6) is 0 Å². The smallest absolute Gasteiger partial charge is 0.339 e. The van der Waals surface area contributed by atoms with E-state index in [2.05, 4.69) is 24.1 Å². The molecule has 1 aromatic heterocycles. The van der Waals surface area contributed by atoms with Gasteiger partial charge in [-0.25, -0.2) is 9.78 Å². The van der Waals surface area contributed by atoms with E-state index in [0.29, 0.717) is 17.4 Å². The zero-order valence-corrected chi connectivity index (χ0v) is 18.1. The van der Waals surface area contributed by atoms with Crippen molar-refractivity contribution >= 4 is 33.4 Å². The molecule has 3 atom stereocenters. The monoisotopic (exact) mass is 422 g/mol. The highest BCUT2D eigenvalue weighted by molar-refractivity contribution is 7.21. The summed E-state index contributed by atoms with van der Waals surface area (Å²) in [5.74, 6) is 0.266. The zero-order valence-electron chi connectivity index (χ0n) is 17.3.